The summed E-state index contributed by atoms with van der Waals surface area (Å²) in [5, 5.41) is 15.3. The SMILES string of the molecule is CCCNC(=O)CC(CN)NC(C)CC(C)O. The van der Waals surface area contributed by atoms with Gasteiger partial charge < -0.3 is 21.5 Å². The standard InChI is InChI=1S/C12H27N3O2/c1-4-5-14-12(17)7-11(8-13)15-9(2)6-10(3)16/h9-11,15-16H,4-8,13H2,1-3H3,(H,14,17). The second-order valence-corrected chi connectivity index (χ2v) is 4.64. The van der Waals surface area contributed by atoms with Gasteiger partial charge >= 0.3 is 0 Å². The van der Waals surface area contributed by atoms with Crippen molar-refractivity contribution in [3.05, 3.63) is 0 Å². The zero-order valence-corrected chi connectivity index (χ0v) is 11.2. The van der Waals surface area contributed by atoms with E-state index in [0.29, 0.717) is 25.9 Å². The van der Waals surface area contributed by atoms with Crippen molar-refractivity contribution >= 4 is 5.91 Å². The van der Waals surface area contributed by atoms with Gasteiger partial charge in [-0.3, -0.25) is 4.79 Å². The van der Waals surface area contributed by atoms with E-state index < -0.39 is 0 Å². The Kier molecular flexibility index (Phi) is 9.03. The number of hydrogen-bond donors (Lipinski definition) is 4. The summed E-state index contributed by atoms with van der Waals surface area (Å²) in [6.45, 7) is 6.88. The van der Waals surface area contributed by atoms with Crippen LogP contribution in [0, 0.1) is 0 Å². The molecule has 3 atom stereocenters. The van der Waals surface area contributed by atoms with Crippen LogP contribution in [-0.2, 0) is 4.79 Å². The molecule has 0 saturated carbocycles. The molecule has 1 amide bonds. The van der Waals surface area contributed by atoms with E-state index in [-0.39, 0.29) is 24.1 Å². The number of carbonyl (C=O) groups is 1. The van der Waals surface area contributed by atoms with Crippen LogP contribution < -0.4 is 16.4 Å². The number of rotatable bonds is 9. The molecule has 5 nitrogen and oxygen atoms in total. The van der Waals surface area contributed by atoms with Gasteiger partial charge in [0, 0.05) is 31.6 Å². The molecule has 3 unspecified atom stereocenters. The summed E-state index contributed by atoms with van der Waals surface area (Å²) in [4.78, 5) is 11.5. The van der Waals surface area contributed by atoms with Gasteiger partial charge in [0.15, 0.2) is 0 Å². The molecule has 5 N–H and O–H groups in total. The summed E-state index contributed by atoms with van der Waals surface area (Å²) in [7, 11) is 0. The molecule has 102 valence electrons. The first-order chi connectivity index (χ1) is 7.99. The van der Waals surface area contributed by atoms with Crippen molar-refractivity contribution < 1.29 is 9.90 Å². The smallest absolute Gasteiger partial charge is 0.221 e. The molecule has 5 heteroatoms. The molecule has 0 rings (SSSR count). The first-order valence-electron chi connectivity index (χ1n) is 6.40. The van der Waals surface area contributed by atoms with Crippen LogP contribution in [0.2, 0.25) is 0 Å². The third kappa shape index (κ3) is 9.09. The normalized spacial score (nSPS) is 16.3. The van der Waals surface area contributed by atoms with Crippen molar-refractivity contribution in [2.45, 2.75) is 58.2 Å². The van der Waals surface area contributed by atoms with Crippen molar-refractivity contribution in [3.63, 3.8) is 0 Å². The highest BCUT2D eigenvalue weighted by Gasteiger charge is 2.15. The average molecular weight is 245 g/mol. The van der Waals surface area contributed by atoms with Crippen LogP contribution in [0.15, 0.2) is 0 Å². The number of aliphatic hydroxyl groups excluding tert-OH is 1. The lowest BCUT2D eigenvalue weighted by atomic mass is 10.1. The van der Waals surface area contributed by atoms with Gasteiger partial charge in [-0.05, 0) is 26.7 Å². The summed E-state index contributed by atoms with van der Waals surface area (Å²) in [6.07, 6.45) is 1.64. The van der Waals surface area contributed by atoms with Crippen molar-refractivity contribution in [1.82, 2.24) is 10.6 Å². The summed E-state index contributed by atoms with van der Waals surface area (Å²) in [5.74, 6) is 0.0269. The fourth-order valence-electron chi connectivity index (χ4n) is 1.75. The Labute approximate surface area is 104 Å². The maximum Gasteiger partial charge on any atom is 0.221 e. The van der Waals surface area contributed by atoms with Gasteiger partial charge in [0.25, 0.3) is 0 Å². The average Bonchev–Trinajstić information content (AvgIpc) is 2.24. The van der Waals surface area contributed by atoms with Gasteiger partial charge in [0.05, 0.1) is 6.10 Å². The maximum absolute atomic E-state index is 11.5. The Morgan fingerprint density at radius 2 is 2.06 bits per heavy atom. The molecule has 17 heavy (non-hydrogen) atoms. The van der Waals surface area contributed by atoms with E-state index in [1.807, 2.05) is 13.8 Å². The van der Waals surface area contributed by atoms with E-state index in [0.717, 1.165) is 6.42 Å². The third-order valence-electron chi connectivity index (χ3n) is 2.50. The highest BCUT2D eigenvalue weighted by molar-refractivity contribution is 5.76. The van der Waals surface area contributed by atoms with Crippen molar-refractivity contribution in [2.24, 2.45) is 5.73 Å². The van der Waals surface area contributed by atoms with E-state index in [1.54, 1.807) is 6.92 Å². The van der Waals surface area contributed by atoms with E-state index in [4.69, 9.17) is 5.73 Å². The molecule has 0 fully saturated rings. The van der Waals surface area contributed by atoms with Crippen molar-refractivity contribution in [2.75, 3.05) is 13.1 Å². The number of nitrogens with one attached hydrogen (secondary N) is 2. The van der Waals surface area contributed by atoms with E-state index in [2.05, 4.69) is 10.6 Å². The summed E-state index contributed by atoms with van der Waals surface area (Å²) in [5.41, 5.74) is 5.62. The minimum Gasteiger partial charge on any atom is -0.393 e. The predicted molar refractivity (Wildman–Crippen MR) is 69.7 cm³/mol. The highest BCUT2D eigenvalue weighted by Crippen LogP contribution is 2.00. The van der Waals surface area contributed by atoms with Gasteiger partial charge in [-0.1, -0.05) is 6.92 Å². The lowest BCUT2D eigenvalue weighted by molar-refractivity contribution is -0.121. The number of aliphatic hydroxyl groups is 1. The molecular weight excluding hydrogens is 218 g/mol. The van der Waals surface area contributed by atoms with Gasteiger partial charge in [0.2, 0.25) is 5.91 Å². The Hall–Kier alpha value is -0.650. The second-order valence-electron chi connectivity index (χ2n) is 4.64. The maximum atomic E-state index is 11.5. The molecule has 0 aliphatic carbocycles. The quantitative estimate of drug-likeness (QED) is 0.460. The number of amides is 1. The molecule has 0 saturated heterocycles. The minimum absolute atomic E-state index is 0.0269. The summed E-state index contributed by atoms with van der Waals surface area (Å²) < 4.78 is 0. The fourth-order valence-corrected chi connectivity index (χ4v) is 1.75. The van der Waals surface area contributed by atoms with Crippen LogP contribution in [0.5, 0.6) is 0 Å². The van der Waals surface area contributed by atoms with Crippen molar-refractivity contribution in [1.29, 1.82) is 0 Å². The third-order valence-corrected chi connectivity index (χ3v) is 2.50. The van der Waals surface area contributed by atoms with E-state index in [9.17, 15) is 9.90 Å². The molecule has 0 radical (unpaired) electrons. The lowest BCUT2D eigenvalue weighted by Crippen LogP contribution is -2.45. The van der Waals surface area contributed by atoms with Gasteiger partial charge in [-0.2, -0.15) is 0 Å². The Bertz CT molecular complexity index is 210. The van der Waals surface area contributed by atoms with Gasteiger partial charge in [0.1, 0.15) is 0 Å². The molecule has 0 aliphatic heterocycles. The zero-order valence-electron chi connectivity index (χ0n) is 11.2. The molecule has 0 bridgehead atoms. The van der Waals surface area contributed by atoms with Crippen LogP contribution in [0.1, 0.15) is 40.0 Å². The van der Waals surface area contributed by atoms with Crippen LogP contribution >= 0.6 is 0 Å². The van der Waals surface area contributed by atoms with E-state index >= 15 is 0 Å². The molecule has 0 aliphatic rings. The highest BCUT2D eigenvalue weighted by atomic mass is 16.3. The Balaban J connectivity index is 3.93. The minimum atomic E-state index is -0.343. The fraction of sp³-hybridized carbons (Fsp3) is 0.917. The monoisotopic (exact) mass is 245 g/mol. The molecule has 0 aromatic heterocycles. The van der Waals surface area contributed by atoms with Crippen LogP contribution in [-0.4, -0.2) is 42.3 Å². The van der Waals surface area contributed by atoms with Gasteiger partial charge in [-0.15, -0.1) is 0 Å². The molecule has 0 heterocycles. The molecule has 0 aromatic carbocycles. The number of nitrogens with two attached hydrogens (primary N) is 1. The topological polar surface area (TPSA) is 87.4 Å². The predicted octanol–water partition coefficient (Wildman–Crippen LogP) is -0.0210. The van der Waals surface area contributed by atoms with E-state index in [1.165, 1.54) is 0 Å². The van der Waals surface area contributed by atoms with Crippen molar-refractivity contribution in [3.8, 4) is 0 Å². The first kappa shape index (κ1) is 16.4. The molecule has 0 aromatic rings. The largest absolute Gasteiger partial charge is 0.393 e. The molecule has 0 spiro atoms. The van der Waals surface area contributed by atoms with Crippen LogP contribution in [0.3, 0.4) is 0 Å². The Morgan fingerprint density at radius 3 is 2.53 bits per heavy atom. The zero-order chi connectivity index (χ0) is 13.3. The number of hydrogen-bond acceptors (Lipinski definition) is 4. The Morgan fingerprint density at radius 1 is 1.41 bits per heavy atom. The second kappa shape index (κ2) is 9.39. The lowest BCUT2D eigenvalue weighted by Gasteiger charge is -2.22. The van der Waals surface area contributed by atoms with Crippen LogP contribution in [0.4, 0.5) is 0 Å². The van der Waals surface area contributed by atoms with Crippen LogP contribution in [0.25, 0.3) is 0 Å². The summed E-state index contributed by atoms with van der Waals surface area (Å²) in [6, 6.07) is 0.128. The molecular formula is C12H27N3O2. The van der Waals surface area contributed by atoms with Gasteiger partial charge in [-0.25, -0.2) is 0 Å². The summed E-state index contributed by atoms with van der Waals surface area (Å²) >= 11 is 0. The first-order valence-corrected chi connectivity index (χ1v) is 6.40. The number of carbonyl (C=O) groups excluding carboxylic acids is 1.